The van der Waals surface area contributed by atoms with E-state index in [2.05, 4.69) is 25.6 Å². The van der Waals surface area contributed by atoms with Gasteiger partial charge in [-0.15, -0.1) is 0 Å². The van der Waals surface area contributed by atoms with Crippen LogP contribution in [-0.2, 0) is 16.1 Å². The highest BCUT2D eigenvalue weighted by Crippen LogP contribution is 2.32. The first-order valence-electron chi connectivity index (χ1n) is 7.89. The summed E-state index contributed by atoms with van der Waals surface area (Å²) in [5, 5.41) is 13.6. The van der Waals surface area contributed by atoms with E-state index in [4.69, 9.17) is 9.47 Å². The van der Waals surface area contributed by atoms with Gasteiger partial charge in [0.2, 0.25) is 0 Å². The number of nitrogens with one attached hydrogen (secondary N) is 2. The zero-order valence-corrected chi connectivity index (χ0v) is 13.4. The summed E-state index contributed by atoms with van der Waals surface area (Å²) in [5.41, 5.74) is 2.78. The number of fused-ring (bicyclic) bond motifs is 1. The van der Waals surface area contributed by atoms with E-state index >= 15 is 0 Å². The summed E-state index contributed by atoms with van der Waals surface area (Å²) >= 11 is 0. The summed E-state index contributed by atoms with van der Waals surface area (Å²) in [7, 11) is 1.73. The number of anilines is 1. The molecule has 8 nitrogen and oxygen atoms in total. The van der Waals surface area contributed by atoms with Crippen molar-refractivity contribution in [2.45, 2.75) is 18.6 Å². The van der Waals surface area contributed by atoms with E-state index in [0.717, 1.165) is 42.3 Å². The molecule has 2 N–H and O–H groups in total. The predicted octanol–water partition coefficient (Wildman–Crippen LogP) is 0.750. The van der Waals surface area contributed by atoms with Gasteiger partial charge in [0.05, 0.1) is 23.7 Å². The Labute approximate surface area is 139 Å². The second-order valence-corrected chi connectivity index (χ2v) is 6.14. The van der Waals surface area contributed by atoms with Crippen LogP contribution in [0.1, 0.15) is 17.2 Å². The van der Waals surface area contributed by atoms with Crippen LogP contribution in [0.25, 0.3) is 0 Å². The van der Waals surface area contributed by atoms with Gasteiger partial charge in [-0.05, 0) is 17.7 Å². The molecule has 0 bridgehead atoms. The summed E-state index contributed by atoms with van der Waals surface area (Å²) in [6, 6.07) is 5.91. The molecule has 1 aromatic carbocycles. The Morgan fingerprint density at radius 3 is 3.12 bits per heavy atom. The Hall–Kier alpha value is -2.45. The van der Waals surface area contributed by atoms with Crippen LogP contribution in [0.15, 0.2) is 24.4 Å². The summed E-state index contributed by atoms with van der Waals surface area (Å²) in [4.78, 5) is 13.8. The van der Waals surface area contributed by atoms with E-state index in [0.29, 0.717) is 0 Å². The zero-order chi connectivity index (χ0) is 16.5. The molecule has 0 aliphatic carbocycles. The third-order valence-electron chi connectivity index (χ3n) is 4.54. The predicted molar refractivity (Wildman–Crippen MR) is 85.8 cm³/mol. The molecule has 0 saturated carbocycles. The highest BCUT2D eigenvalue weighted by Gasteiger charge is 2.35. The summed E-state index contributed by atoms with van der Waals surface area (Å²) < 4.78 is 11.0. The molecule has 0 unspecified atom stereocenters. The number of hydrogen-bond acceptors (Lipinski definition) is 6. The lowest BCUT2D eigenvalue weighted by Gasteiger charge is -2.20. The van der Waals surface area contributed by atoms with E-state index < -0.39 is 0 Å². The number of rotatable bonds is 4. The molecule has 24 heavy (non-hydrogen) atoms. The molecule has 1 amide bonds. The molecule has 2 aromatic rings. The van der Waals surface area contributed by atoms with E-state index in [1.54, 1.807) is 13.3 Å². The first-order chi connectivity index (χ1) is 11.7. The number of amides is 1. The first-order valence-corrected chi connectivity index (χ1v) is 7.89. The maximum Gasteiger partial charge on any atom is 0.262 e. The average molecular weight is 329 g/mol. The number of aromatic nitrogens is 3. The molecule has 1 saturated heterocycles. The van der Waals surface area contributed by atoms with Crippen molar-refractivity contribution in [3.05, 3.63) is 35.7 Å². The Balaban J connectivity index is 1.48. The van der Waals surface area contributed by atoms with Crippen molar-refractivity contribution in [1.82, 2.24) is 20.3 Å². The largest absolute Gasteiger partial charge is 0.482 e. The SMILES string of the molecule is CO[C@@H]1CN(Cc2ccc3c(c2)NC(=O)CO3)C[C@H]1c1cn[nH]n1. The van der Waals surface area contributed by atoms with Crippen molar-refractivity contribution in [3.8, 4) is 5.75 Å². The molecule has 2 atom stereocenters. The van der Waals surface area contributed by atoms with Gasteiger partial charge in [0.25, 0.3) is 5.91 Å². The Bertz CT molecular complexity index is 733. The fraction of sp³-hybridized carbons (Fsp3) is 0.438. The monoisotopic (exact) mass is 329 g/mol. The second kappa shape index (κ2) is 6.21. The van der Waals surface area contributed by atoms with Crippen molar-refractivity contribution in [1.29, 1.82) is 0 Å². The smallest absolute Gasteiger partial charge is 0.262 e. The van der Waals surface area contributed by atoms with Crippen molar-refractivity contribution >= 4 is 11.6 Å². The number of benzene rings is 1. The third-order valence-corrected chi connectivity index (χ3v) is 4.54. The second-order valence-electron chi connectivity index (χ2n) is 6.14. The molecular weight excluding hydrogens is 310 g/mol. The minimum atomic E-state index is -0.119. The van der Waals surface area contributed by atoms with Crippen LogP contribution in [0.2, 0.25) is 0 Å². The van der Waals surface area contributed by atoms with Gasteiger partial charge in [-0.3, -0.25) is 9.69 Å². The molecule has 1 aromatic heterocycles. The van der Waals surface area contributed by atoms with Crippen LogP contribution in [0.5, 0.6) is 5.75 Å². The number of methoxy groups -OCH3 is 1. The molecule has 2 aliphatic heterocycles. The zero-order valence-electron chi connectivity index (χ0n) is 13.4. The van der Waals surface area contributed by atoms with Crippen LogP contribution < -0.4 is 10.1 Å². The van der Waals surface area contributed by atoms with E-state index in [1.807, 2.05) is 18.2 Å². The topological polar surface area (TPSA) is 92.4 Å². The Morgan fingerprint density at radius 2 is 2.33 bits per heavy atom. The third kappa shape index (κ3) is 2.85. The van der Waals surface area contributed by atoms with Crippen LogP contribution in [0, 0.1) is 0 Å². The van der Waals surface area contributed by atoms with Gasteiger partial charge in [-0.25, -0.2) is 0 Å². The number of likely N-dealkylation sites (tertiary alicyclic amines) is 1. The molecular formula is C16H19N5O3. The van der Waals surface area contributed by atoms with Gasteiger partial charge in [0, 0.05) is 32.7 Å². The van der Waals surface area contributed by atoms with Gasteiger partial charge in [-0.1, -0.05) is 6.07 Å². The fourth-order valence-corrected chi connectivity index (χ4v) is 3.38. The van der Waals surface area contributed by atoms with E-state index in [-0.39, 0.29) is 24.5 Å². The lowest BCUT2D eigenvalue weighted by atomic mass is 10.0. The normalized spacial score (nSPS) is 23.6. The van der Waals surface area contributed by atoms with Crippen molar-refractivity contribution in [2.24, 2.45) is 0 Å². The summed E-state index contributed by atoms with van der Waals surface area (Å²) in [5.74, 6) is 0.802. The van der Waals surface area contributed by atoms with Crippen molar-refractivity contribution in [3.63, 3.8) is 0 Å². The van der Waals surface area contributed by atoms with Crippen molar-refractivity contribution in [2.75, 3.05) is 32.1 Å². The molecule has 0 radical (unpaired) electrons. The number of ether oxygens (including phenoxy) is 2. The van der Waals surface area contributed by atoms with Gasteiger partial charge in [0.15, 0.2) is 6.61 Å². The van der Waals surface area contributed by atoms with Crippen molar-refractivity contribution < 1.29 is 14.3 Å². The minimum absolute atomic E-state index is 0.0768. The highest BCUT2D eigenvalue weighted by molar-refractivity contribution is 5.95. The number of carbonyl (C=O) groups excluding carboxylic acids is 1. The number of aromatic amines is 1. The highest BCUT2D eigenvalue weighted by atomic mass is 16.5. The molecule has 8 heteroatoms. The number of hydrogen-bond donors (Lipinski definition) is 2. The van der Waals surface area contributed by atoms with Crippen LogP contribution >= 0.6 is 0 Å². The fourth-order valence-electron chi connectivity index (χ4n) is 3.38. The minimum Gasteiger partial charge on any atom is -0.482 e. The van der Waals surface area contributed by atoms with Crippen LogP contribution in [0.4, 0.5) is 5.69 Å². The van der Waals surface area contributed by atoms with Crippen LogP contribution in [-0.4, -0.2) is 59.1 Å². The van der Waals surface area contributed by atoms with E-state index in [1.165, 1.54) is 0 Å². The van der Waals surface area contributed by atoms with Gasteiger partial charge in [0.1, 0.15) is 5.75 Å². The standard InChI is InChI=1S/C16H19N5O3/c1-23-15-8-21(7-11(15)13-5-17-20-19-13)6-10-2-3-14-12(4-10)18-16(22)9-24-14/h2-5,11,15H,6-9H2,1H3,(H,18,22)(H,17,19,20)/t11-,15+/m0/s1. The maximum atomic E-state index is 11.5. The maximum absolute atomic E-state index is 11.5. The lowest BCUT2D eigenvalue weighted by Crippen LogP contribution is -2.26. The van der Waals surface area contributed by atoms with E-state index in [9.17, 15) is 4.79 Å². The number of carbonyl (C=O) groups is 1. The number of nitrogens with zero attached hydrogens (tertiary/aromatic N) is 3. The average Bonchev–Trinajstić information content (AvgIpc) is 3.23. The van der Waals surface area contributed by atoms with Crippen LogP contribution in [0.3, 0.4) is 0 Å². The number of H-pyrrole nitrogens is 1. The quantitative estimate of drug-likeness (QED) is 0.860. The molecule has 126 valence electrons. The molecule has 3 heterocycles. The first kappa shape index (κ1) is 15.1. The molecule has 2 aliphatic rings. The Morgan fingerprint density at radius 1 is 1.42 bits per heavy atom. The van der Waals surface area contributed by atoms with Gasteiger partial charge >= 0.3 is 0 Å². The van der Waals surface area contributed by atoms with Gasteiger partial charge in [-0.2, -0.15) is 15.4 Å². The van der Waals surface area contributed by atoms with Gasteiger partial charge < -0.3 is 14.8 Å². The molecule has 1 fully saturated rings. The lowest BCUT2D eigenvalue weighted by molar-refractivity contribution is -0.118. The molecule has 0 spiro atoms. The Kier molecular flexibility index (Phi) is 3.91. The summed E-state index contributed by atoms with van der Waals surface area (Å²) in [6.07, 6.45) is 1.85. The molecule has 4 rings (SSSR count). The summed E-state index contributed by atoms with van der Waals surface area (Å²) in [6.45, 7) is 2.53.